The highest BCUT2D eigenvalue weighted by Gasteiger charge is 2.37. The van der Waals surface area contributed by atoms with E-state index in [0.717, 1.165) is 0 Å². The molecular formula is C21H18FN5O5. The Morgan fingerprint density at radius 3 is 2.75 bits per heavy atom. The number of halogens is 1. The van der Waals surface area contributed by atoms with Crippen molar-refractivity contribution in [1.29, 1.82) is 0 Å². The molecule has 10 nitrogen and oxygen atoms in total. The fourth-order valence-electron chi connectivity index (χ4n) is 3.56. The molecule has 3 aromatic rings. The quantitative estimate of drug-likeness (QED) is 0.430. The number of nitro benzene ring substituents is 1. The fraction of sp³-hybridized carbons (Fsp3) is 0.190. The second-order valence-corrected chi connectivity index (χ2v) is 7.12. The summed E-state index contributed by atoms with van der Waals surface area (Å²) in [6.07, 6.45) is -0.238. The number of non-ortho nitro benzene ring substituents is 1. The van der Waals surface area contributed by atoms with Crippen LogP contribution in [0.2, 0.25) is 0 Å². The number of hydrogen-bond acceptors (Lipinski definition) is 6. The van der Waals surface area contributed by atoms with Crippen LogP contribution in [0.4, 0.5) is 21.6 Å². The summed E-state index contributed by atoms with van der Waals surface area (Å²) in [6, 6.07) is 10.3. The lowest BCUT2D eigenvalue weighted by molar-refractivity contribution is -0.384. The summed E-state index contributed by atoms with van der Waals surface area (Å²) in [6.45, 7) is 0.148. The van der Waals surface area contributed by atoms with Crippen molar-refractivity contribution in [3.05, 3.63) is 70.2 Å². The van der Waals surface area contributed by atoms with Crippen LogP contribution in [-0.4, -0.2) is 33.6 Å². The highest BCUT2D eigenvalue weighted by atomic mass is 19.1. The van der Waals surface area contributed by atoms with Crippen LogP contribution >= 0.6 is 0 Å². The average Bonchev–Trinajstić information content (AvgIpc) is 3.24. The van der Waals surface area contributed by atoms with Gasteiger partial charge in [0.05, 0.1) is 23.6 Å². The standard InChI is InChI=1S/C21H18FN5O5/c1-32-11-16-19(12-5-7-13(22)8-6-12)20-24-21(29)17(26(20)25-16)10-18(28)23-14-3-2-4-15(9-14)27(30)31/h2-9,17H,10-11H2,1H3,(H,23,28)(H,24,29). The third-order valence-electron chi connectivity index (χ3n) is 4.96. The lowest BCUT2D eigenvalue weighted by Crippen LogP contribution is -2.24. The number of benzene rings is 2. The first-order chi connectivity index (χ1) is 15.4. The smallest absolute Gasteiger partial charge is 0.271 e. The number of rotatable bonds is 7. The number of carbonyl (C=O) groups excluding carboxylic acids is 2. The Balaban J connectivity index is 1.60. The van der Waals surface area contributed by atoms with E-state index in [2.05, 4.69) is 15.7 Å². The molecule has 0 radical (unpaired) electrons. The SMILES string of the molecule is COCc1nn2c(c1-c1ccc(F)cc1)NC(=O)C2CC(=O)Nc1cccc([N+](=O)[O-])c1. The van der Waals surface area contributed by atoms with E-state index in [-0.39, 0.29) is 24.4 Å². The molecule has 1 aliphatic rings. The van der Waals surface area contributed by atoms with E-state index in [1.54, 1.807) is 12.1 Å². The number of hydrogen-bond donors (Lipinski definition) is 2. The van der Waals surface area contributed by atoms with Crippen molar-refractivity contribution in [1.82, 2.24) is 9.78 Å². The van der Waals surface area contributed by atoms with Gasteiger partial charge >= 0.3 is 0 Å². The zero-order chi connectivity index (χ0) is 22.8. The third-order valence-corrected chi connectivity index (χ3v) is 4.96. The van der Waals surface area contributed by atoms with Crippen molar-refractivity contribution in [2.24, 2.45) is 0 Å². The molecule has 0 fully saturated rings. The van der Waals surface area contributed by atoms with E-state index >= 15 is 0 Å². The molecule has 0 saturated carbocycles. The Kier molecular flexibility index (Phi) is 5.65. The number of nitrogens with one attached hydrogen (secondary N) is 2. The van der Waals surface area contributed by atoms with Crippen molar-refractivity contribution in [2.75, 3.05) is 17.7 Å². The zero-order valence-electron chi connectivity index (χ0n) is 16.9. The van der Waals surface area contributed by atoms with Crippen molar-refractivity contribution in [2.45, 2.75) is 19.1 Å². The summed E-state index contributed by atoms with van der Waals surface area (Å²) >= 11 is 0. The van der Waals surface area contributed by atoms with Gasteiger partial charge in [-0.05, 0) is 23.8 Å². The lowest BCUT2D eigenvalue weighted by atomic mass is 10.1. The Hall–Kier alpha value is -4.12. The van der Waals surface area contributed by atoms with Crippen LogP contribution in [0.3, 0.4) is 0 Å². The normalized spacial score (nSPS) is 14.7. The van der Waals surface area contributed by atoms with Crippen molar-refractivity contribution >= 4 is 29.0 Å². The molecule has 1 aromatic heterocycles. The molecule has 1 unspecified atom stereocenters. The summed E-state index contributed by atoms with van der Waals surface area (Å²) in [5.41, 5.74) is 1.83. The van der Waals surface area contributed by atoms with Gasteiger partial charge in [0.25, 0.3) is 11.6 Å². The second-order valence-electron chi connectivity index (χ2n) is 7.12. The molecule has 11 heteroatoms. The monoisotopic (exact) mass is 439 g/mol. The molecule has 164 valence electrons. The van der Waals surface area contributed by atoms with E-state index < -0.39 is 28.6 Å². The molecule has 4 rings (SSSR count). The lowest BCUT2D eigenvalue weighted by Gasteiger charge is -2.10. The number of anilines is 2. The van der Waals surface area contributed by atoms with Crippen LogP contribution in [0.15, 0.2) is 48.5 Å². The summed E-state index contributed by atoms with van der Waals surface area (Å²) in [5.74, 6) is -0.938. The van der Waals surface area contributed by atoms with Gasteiger partial charge in [-0.1, -0.05) is 18.2 Å². The van der Waals surface area contributed by atoms with Crippen LogP contribution in [0.5, 0.6) is 0 Å². The van der Waals surface area contributed by atoms with E-state index in [4.69, 9.17) is 4.74 Å². The third kappa shape index (κ3) is 4.05. The molecule has 0 bridgehead atoms. The molecular weight excluding hydrogens is 421 g/mol. The first-order valence-electron chi connectivity index (χ1n) is 9.59. The van der Waals surface area contributed by atoms with Crippen molar-refractivity contribution in [3.8, 4) is 11.1 Å². The zero-order valence-corrected chi connectivity index (χ0v) is 16.9. The largest absolute Gasteiger partial charge is 0.378 e. The van der Waals surface area contributed by atoms with Gasteiger partial charge in [-0.3, -0.25) is 19.7 Å². The molecule has 2 heterocycles. The van der Waals surface area contributed by atoms with Crippen LogP contribution in [-0.2, 0) is 20.9 Å². The molecule has 2 amide bonds. The van der Waals surface area contributed by atoms with Crippen LogP contribution in [0, 0.1) is 15.9 Å². The minimum absolute atomic E-state index is 0.148. The van der Waals surface area contributed by atoms with Crippen molar-refractivity contribution in [3.63, 3.8) is 0 Å². The van der Waals surface area contributed by atoms with Gasteiger partial charge in [0, 0.05) is 30.5 Å². The van der Waals surface area contributed by atoms with Crippen LogP contribution in [0.25, 0.3) is 11.1 Å². The summed E-state index contributed by atoms with van der Waals surface area (Å²) in [7, 11) is 1.50. The van der Waals surface area contributed by atoms with Crippen molar-refractivity contribution < 1.29 is 23.6 Å². The van der Waals surface area contributed by atoms with E-state index in [1.807, 2.05) is 0 Å². The van der Waals surface area contributed by atoms with Crippen LogP contribution < -0.4 is 10.6 Å². The van der Waals surface area contributed by atoms with Gasteiger partial charge in [-0.15, -0.1) is 0 Å². The van der Waals surface area contributed by atoms with Gasteiger partial charge < -0.3 is 15.4 Å². The number of carbonyl (C=O) groups is 2. The number of ether oxygens (including phenoxy) is 1. The maximum absolute atomic E-state index is 13.4. The average molecular weight is 439 g/mol. The van der Waals surface area contributed by atoms with E-state index in [9.17, 15) is 24.1 Å². The second kappa shape index (κ2) is 8.55. The minimum Gasteiger partial charge on any atom is -0.378 e. The molecule has 0 spiro atoms. The first kappa shape index (κ1) is 21.1. The highest BCUT2D eigenvalue weighted by molar-refractivity contribution is 6.04. The Bertz CT molecular complexity index is 1210. The van der Waals surface area contributed by atoms with E-state index in [0.29, 0.717) is 22.6 Å². The Morgan fingerprint density at radius 2 is 2.06 bits per heavy atom. The summed E-state index contributed by atoms with van der Waals surface area (Å²) < 4.78 is 20.0. The van der Waals surface area contributed by atoms with Gasteiger partial charge in [0.2, 0.25) is 5.91 Å². The topological polar surface area (TPSA) is 128 Å². The number of fused-ring (bicyclic) bond motifs is 1. The summed E-state index contributed by atoms with van der Waals surface area (Å²) in [5, 5.41) is 20.7. The maximum Gasteiger partial charge on any atom is 0.271 e. The Labute approximate surface area is 181 Å². The van der Waals surface area contributed by atoms with Gasteiger partial charge in [-0.25, -0.2) is 9.07 Å². The molecule has 32 heavy (non-hydrogen) atoms. The van der Waals surface area contributed by atoms with Gasteiger partial charge in [0.1, 0.15) is 17.7 Å². The number of aromatic nitrogens is 2. The van der Waals surface area contributed by atoms with Gasteiger partial charge in [0.15, 0.2) is 0 Å². The predicted octanol–water partition coefficient (Wildman–Crippen LogP) is 3.27. The maximum atomic E-state index is 13.4. The molecule has 0 aliphatic carbocycles. The number of nitro groups is 1. The molecule has 1 atom stereocenters. The molecule has 1 aliphatic heterocycles. The molecule has 2 aromatic carbocycles. The van der Waals surface area contributed by atoms with Crippen LogP contribution in [0.1, 0.15) is 18.2 Å². The fourth-order valence-corrected chi connectivity index (χ4v) is 3.56. The number of methoxy groups -OCH3 is 1. The predicted molar refractivity (Wildman–Crippen MR) is 112 cm³/mol. The first-order valence-corrected chi connectivity index (χ1v) is 9.59. The Morgan fingerprint density at radius 1 is 1.31 bits per heavy atom. The number of nitrogens with zero attached hydrogens (tertiary/aromatic N) is 3. The summed E-state index contributed by atoms with van der Waals surface area (Å²) in [4.78, 5) is 35.5. The highest BCUT2D eigenvalue weighted by Crippen LogP contribution is 2.39. The van der Waals surface area contributed by atoms with Gasteiger partial charge in [-0.2, -0.15) is 5.10 Å². The number of amides is 2. The minimum atomic E-state index is -0.923. The molecule has 0 saturated heterocycles. The molecule has 2 N–H and O–H groups in total. The van der Waals surface area contributed by atoms with E-state index in [1.165, 1.54) is 48.2 Å².